The Morgan fingerprint density at radius 3 is 2.54 bits per heavy atom. The Hall–Kier alpha value is -1.63. The quantitative estimate of drug-likeness (QED) is 0.698. The van der Waals surface area contributed by atoms with Crippen LogP contribution in [0.25, 0.3) is 16.6 Å². The molecule has 2 aromatic heterocycles. The van der Waals surface area contributed by atoms with Crippen LogP contribution < -0.4 is 4.72 Å². The van der Waals surface area contributed by atoms with E-state index in [2.05, 4.69) is 35.1 Å². The summed E-state index contributed by atoms with van der Waals surface area (Å²) in [6.45, 7) is 14.2. The number of rotatable bonds is 4. The first kappa shape index (κ1) is 19.1. The fraction of sp³-hybridized carbons (Fsp3) is 0.500. The Bertz CT molecular complexity index is 958. The summed E-state index contributed by atoms with van der Waals surface area (Å²) in [5.41, 5.74) is 5.08. The molecule has 26 heavy (non-hydrogen) atoms. The van der Waals surface area contributed by atoms with E-state index >= 15 is 0 Å². The predicted molar refractivity (Wildman–Crippen MR) is 109 cm³/mol. The van der Waals surface area contributed by atoms with Crippen LogP contribution in [0.5, 0.6) is 0 Å². The van der Waals surface area contributed by atoms with E-state index in [1.807, 2.05) is 40.8 Å². The lowest BCUT2D eigenvalue weighted by atomic mass is 10.0. The molecule has 0 saturated carbocycles. The topological polar surface area (TPSA) is 65.3 Å². The second kappa shape index (κ2) is 6.83. The van der Waals surface area contributed by atoms with Gasteiger partial charge >= 0.3 is 0 Å². The standard InChI is InChI=1S/C20H28N4OS/c1-8-17-22-18-15(14(4)23-26(25)20(5,6)7)9-12(2)10-16(18)19-21-13(3)11-24(17)19/h9-11,14,23H,8H2,1-7H3. The van der Waals surface area contributed by atoms with Crippen LogP contribution in [0.4, 0.5) is 0 Å². The van der Waals surface area contributed by atoms with Crippen molar-refractivity contribution in [2.45, 2.75) is 65.7 Å². The van der Waals surface area contributed by atoms with Gasteiger partial charge in [0.1, 0.15) is 16.2 Å². The lowest BCUT2D eigenvalue weighted by molar-refractivity contribution is 0.531. The van der Waals surface area contributed by atoms with Gasteiger partial charge < -0.3 is 4.55 Å². The van der Waals surface area contributed by atoms with E-state index in [0.717, 1.165) is 45.6 Å². The van der Waals surface area contributed by atoms with Crippen molar-refractivity contribution in [3.05, 3.63) is 41.0 Å². The lowest BCUT2D eigenvalue weighted by Gasteiger charge is -2.27. The summed E-state index contributed by atoms with van der Waals surface area (Å²) in [4.78, 5) is 9.69. The van der Waals surface area contributed by atoms with Crippen molar-refractivity contribution in [3.63, 3.8) is 0 Å². The van der Waals surface area contributed by atoms with Crippen LogP contribution in [0, 0.1) is 13.8 Å². The van der Waals surface area contributed by atoms with Crippen molar-refractivity contribution < 1.29 is 4.55 Å². The lowest BCUT2D eigenvalue weighted by Crippen LogP contribution is -2.40. The van der Waals surface area contributed by atoms with Crippen LogP contribution in [0.2, 0.25) is 0 Å². The van der Waals surface area contributed by atoms with E-state index in [1.165, 1.54) is 0 Å². The van der Waals surface area contributed by atoms with Crippen molar-refractivity contribution in [1.29, 1.82) is 0 Å². The Kier molecular flexibility index (Phi) is 5.03. The fourth-order valence-corrected chi connectivity index (χ4v) is 3.95. The Balaban J connectivity index is 2.21. The minimum atomic E-state index is -1.15. The fourth-order valence-electron chi connectivity index (χ4n) is 3.15. The SMILES string of the molecule is CCc1nc2c(C(C)N[S+]([O-])C(C)(C)C)cc(C)cc2c2nc(C)cn12. The van der Waals surface area contributed by atoms with Crippen LogP contribution in [-0.4, -0.2) is 23.7 Å². The van der Waals surface area contributed by atoms with Crippen molar-refractivity contribution in [2.75, 3.05) is 0 Å². The van der Waals surface area contributed by atoms with Crippen LogP contribution >= 0.6 is 0 Å². The smallest absolute Gasteiger partial charge is 0.147 e. The van der Waals surface area contributed by atoms with Gasteiger partial charge in [-0.1, -0.05) is 13.0 Å². The van der Waals surface area contributed by atoms with Crippen molar-refractivity contribution >= 4 is 27.9 Å². The summed E-state index contributed by atoms with van der Waals surface area (Å²) in [7, 11) is 0. The minimum absolute atomic E-state index is 0.0758. The molecule has 0 bridgehead atoms. The zero-order chi connectivity index (χ0) is 19.2. The van der Waals surface area contributed by atoms with Gasteiger partial charge in [0.15, 0.2) is 0 Å². The van der Waals surface area contributed by atoms with Crippen LogP contribution in [0.3, 0.4) is 0 Å². The highest BCUT2D eigenvalue weighted by Crippen LogP contribution is 2.29. The molecule has 1 N–H and O–H groups in total. The Labute approximate surface area is 158 Å². The summed E-state index contributed by atoms with van der Waals surface area (Å²) >= 11 is -1.15. The molecule has 2 atom stereocenters. The first-order valence-electron chi connectivity index (χ1n) is 9.08. The molecule has 2 unspecified atom stereocenters. The maximum atomic E-state index is 12.6. The van der Waals surface area contributed by atoms with Crippen molar-refractivity contribution in [3.8, 4) is 0 Å². The minimum Gasteiger partial charge on any atom is -0.598 e. The molecule has 140 valence electrons. The molecule has 0 aliphatic heterocycles. The molecule has 1 aromatic carbocycles. The third-order valence-corrected chi connectivity index (χ3v) is 6.17. The Morgan fingerprint density at radius 2 is 1.92 bits per heavy atom. The van der Waals surface area contributed by atoms with Gasteiger partial charge in [-0.25, -0.2) is 9.97 Å². The van der Waals surface area contributed by atoms with Crippen LogP contribution in [-0.2, 0) is 17.8 Å². The molecule has 3 rings (SSSR count). The number of aryl methyl sites for hydroxylation is 3. The van der Waals surface area contributed by atoms with Crippen molar-refractivity contribution in [1.82, 2.24) is 19.1 Å². The number of aromatic nitrogens is 3. The highest BCUT2D eigenvalue weighted by molar-refractivity contribution is 7.90. The largest absolute Gasteiger partial charge is 0.598 e. The number of hydrogen-bond acceptors (Lipinski definition) is 4. The highest BCUT2D eigenvalue weighted by Gasteiger charge is 2.29. The molecule has 0 saturated heterocycles. The van der Waals surface area contributed by atoms with Gasteiger partial charge in [-0.2, -0.15) is 0 Å². The number of hydrogen-bond donors (Lipinski definition) is 1. The van der Waals surface area contributed by atoms with E-state index in [0.29, 0.717) is 0 Å². The van der Waals surface area contributed by atoms with E-state index in [4.69, 9.17) is 9.97 Å². The van der Waals surface area contributed by atoms with E-state index in [9.17, 15) is 4.55 Å². The molecule has 0 aliphatic rings. The maximum Gasteiger partial charge on any atom is 0.147 e. The predicted octanol–water partition coefficient (Wildman–Crippen LogP) is 4.17. The monoisotopic (exact) mass is 372 g/mol. The molecule has 0 amide bonds. The number of nitrogens with zero attached hydrogens (tertiary/aromatic N) is 3. The van der Waals surface area contributed by atoms with Crippen LogP contribution in [0.15, 0.2) is 18.3 Å². The molecule has 0 radical (unpaired) electrons. The van der Waals surface area contributed by atoms with E-state index in [-0.39, 0.29) is 10.8 Å². The molecule has 0 fully saturated rings. The number of benzene rings is 1. The average molecular weight is 373 g/mol. The molecule has 5 nitrogen and oxygen atoms in total. The number of imidazole rings is 1. The Morgan fingerprint density at radius 1 is 1.23 bits per heavy atom. The molecule has 0 aliphatic carbocycles. The molecule has 3 aromatic rings. The molecular formula is C20H28N4OS. The third kappa shape index (κ3) is 3.46. The van der Waals surface area contributed by atoms with Crippen molar-refractivity contribution in [2.24, 2.45) is 0 Å². The summed E-state index contributed by atoms with van der Waals surface area (Å²) < 4.78 is 17.6. The van der Waals surface area contributed by atoms with Gasteiger partial charge in [-0.15, -0.1) is 4.72 Å². The first-order chi connectivity index (χ1) is 12.1. The zero-order valence-electron chi connectivity index (χ0n) is 16.7. The van der Waals surface area contributed by atoms with Gasteiger partial charge in [0, 0.05) is 29.4 Å². The summed E-state index contributed by atoms with van der Waals surface area (Å²) in [5.74, 6) is 0.988. The summed E-state index contributed by atoms with van der Waals surface area (Å²) in [6.07, 6.45) is 2.87. The highest BCUT2D eigenvalue weighted by atomic mass is 32.2. The second-order valence-corrected chi connectivity index (χ2v) is 9.93. The van der Waals surface area contributed by atoms with Gasteiger partial charge in [-0.3, -0.25) is 4.40 Å². The average Bonchev–Trinajstić information content (AvgIpc) is 2.94. The number of fused-ring (bicyclic) bond motifs is 3. The maximum absolute atomic E-state index is 12.6. The van der Waals surface area contributed by atoms with E-state index in [1.54, 1.807) is 0 Å². The first-order valence-corrected chi connectivity index (χ1v) is 10.2. The molecule has 2 heterocycles. The van der Waals surface area contributed by atoms with Gasteiger partial charge in [0.2, 0.25) is 0 Å². The second-order valence-electron chi connectivity index (χ2n) is 7.93. The molecule has 0 spiro atoms. The summed E-state index contributed by atoms with van der Waals surface area (Å²) in [5, 5.41) is 1.04. The van der Waals surface area contributed by atoms with Gasteiger partial charge in [0.25, 0.3) is 0 Å². The van der Waals surface area contributed by atoms with Gasteiger partial charge in [0.05, 0.1) is 17.3 Å². The van der Waals surface area contributed by atoms with Crippen LogP contribution in [0.1, 0.15) is 63.3 Å². The third-order valence-electron chi connectivity index (χ3n) is 4.49. The normalized spacial score (nSPS) is 14.9. The zero-order valence-corrected chi connectivity index (χ0v) is 17.5. The van der Waals surface area contributed by atoms with E-state index < -0.39 is 11.4 Å². The van der Waals surface area contributed by atoms with Gasteiger partial charge in [-0.05, 0) is 58.7 Å². The molecule has 6 heteroatoms. The summed E-state index contributed by atoms with van der Waals surface area (Å²) in [6, 6.07) is 4.20. The molecular weight excluding hydrogens is 344 g/mol. The number of nitrogens with one attached hydrogen (secondary N) is 1.